The Kier molecular flexibility index (Phi) is 9.65. The molecule has 0 aromatic heterocycles. The van der Waals surface area contributed by atoms with Crippen molar-refractivity contribution in [3.63, 3.8) is 0 Å². The maximum Gasteiger partial charge on any atom is 0.191 e. The highest BCUT2D eigenvalue weighted by atomic mass is 127. The van der Waals surface area contributed by atoms with Crippen molar-refractivity contribution in [3.8, 4) is 11.5 Å². The molecular weight excluding hydrogens is 481 g/mol. The third-order valence-electron chi connectivity index (χ3n) is 4.19. The van der Waals surface area contributed by atoms with Gasteiger partial charge in [0, 0.05) is 43.4 Å². The van der Waals surface area contributed by atoms with Crippen LogP contribution in [0.25, 0.3) is 0 Å². The molecule has 0 saturated carbocycles. The van der Waals surface area contributed by atoms with Crippen molar-refractivity contribution in [2.75, 3.05) is 31.7 Å². The minimum atomic E-state index is -3.00. The van der Waals surface area contributed by atoms with Crippen LogP contribution < -0.4 is 20.1 Å². The monoisotopic (exact) mass is 511 g/mol. The number of rotatable bonds is 8. The van der Waals surface area contributed by atoms with Crippen molar-refractivity contribution in [1.82, 2.24) is 10.6 Å². The fourth-order valence-electron chi connectivity index (χ4n) is 2.78. The summed E-state index contributed by atoms with van der Waals surface area (Å²) in [4.78, 5) is 4.14. The SMILES string of the molecule is CCOc1cc2c(cc1CNC(=NC)NCCS(=O)(=O)CC)OC(C)C2.I. The number of fused-ring (bicyclic) bond motifs is 1. The van der Waals surface area contributed by atoms with E-state index >= 15 is 0 Å². The van der Waals surface area contributed by atoms with Gasteiger partial charge in [-0.1, -0.05) is 6.92 Å². The topological polar surface area (TPSA) is 89.0 Å². The molecule has 1 aliphatic heterocycles. The molecule has 1 heterocycles. The van der Waals surface area contributed by atoms with Crippen LogP contribution in [0.3, 0.4) is 0 Å². The van der Waals surface area contributed by atoms with E-state index in [0.29, 0.717) is 25.7 Å². The number of ether oxygens (including phenoxy) is 2. The number of nitrogens with one attached hydrogen (secondary N) is 2. The number of guanidine groups is 1. The highest BCUT2D eigenvalue weighted by Gasteiger charge is 2.22. The third-order valence-corrected chi connectivity index (χ3v) is 5.90. The second-order valence-corrected chi connectivity index (χ2v) is 8.69. The largest absolute Gasteiger partial charge is 0.494 e. The van der Waals surface area contributed by atoms with Crippen LogP contribution in [-0.4, -0.2) is 52.2 Å². The van der Waals surface area contributed by atoms with Gasteiger partial charge in [-0.05, 0) is 26.0 Å². The number of sulfone groups is 1. The standard InChI is InChI=1S/C18H29N3O4S.HI/c1-5-24-16-10-14-9-13(3)25-17(14)11-15(16)12-21-18(19-4)20-7-8-26(22,23)6-2;/h10-11,13H,5-9,12H2,1-4H3,(H2,19,20,21);1H. The van der Waals surface area contributed by atoms with Gasteiger partial charge < -0.3 is 20.1 Å². The van der Waals surface area contributed by atoms with Gasteiger partial charge in [-0.2, -0.15) is 0 Å². The predicted molar refractivity (Wildman–Crippen MR) is 119 cm³/mol. The van der Waals surface area contributed by atoms with Crippen molar-refractivity contribution < 1.29 is 17.9 Å². The summed E-state index contributed by atoms with van der Waals surface area (Å²) in [6, 6.07) is 4.05. The van der Waals surface area contributed by atoms with E-state index in [-0.39, 0.29) is 41.6 Å². The van der Waals surface area contributed by atoms with E-state index in [9.17, 15) is 8.42 Å². The van der Waals surface area contributed by atoms with Crippen LogP contribution in [0.15, 0.2) is 17.1 Å². The van der Waals surface area contributed by atoms with Gasteiger partial charge >= 0.3 is 0 Å². The fourth-order valence-corrected chi connectivity index (χ4v) is 3.48. The molecule has 1 aliphatic rings. The molecule has 1 atom stereocenters. The van der Waals surface area contributed by atoms with Gasteiger partial charge in [0.15, 0.2) is 15.8 Å². The van der Waals surface area contributed by atoms with Crippen molar-refractivity contribution in [2.24, 2.45) is 4.99 Å². The van der Waals surface area contributed by atoms with Crippen LogP contribution in [0.4, 0.5) is 0 Å². The minimum absolute atomic E-state index is 0. The second-order valence-electron chi connectivity index (χ2n) is 6.22. The van der Waals surface area contributed by atoms with Crippen LogP contribution in [0.2, 0.25) is 0 Å². The quantitative estimate of drug-likeness (QED) is 0.316. The summed E-state index contributed by atoms with van der Waals surface area (Å²) >= 11 is 0. The summed E-state index contributed by atoms with van der Waals surface area (Å²) < 4.78 is 34.7. The second kappa shape index (κ2) is 10.9. The van der Waals surface area contributed by atoms with Crippen molar-refractivity contribution in [2.45, 2.75) is 39.8 Å². The molecule has 0 spiro atoms. The Morgan fingerprint density at radius 3 is 2.70 bits per heavy atom. The first kappa shape index (κ1) is 23.8. The molecule has 0 amide bonds. The van der Waals surface area contributed by atoms with Gasteiger partial charge in [0.05, 0.1) is 12.4 Å². The zero-order chi connectivity index (χ0) is 19.2. The van der Waals surface area contributed by atoms with E-state index in [0.717, 1.165) is 29.0 Å². The Balaban J connectivity index is 0.00000364. The molecule has 27 heavy (non-hydrogen) atoms. The molecular formula is C18H30IN3O4S. The van der Waals surface area contributed by atoms with Gasteiger partial charge in [-0.25, -0.2) is 8.42 Å². The van der Waals surface area contributed by atoms with E-state index < -0.39 is 9.84 Å². The summed E-state index contributed by atoms with van der Waals surface area (Å²) in [5.74, 6) is 2.51. The molecule has 0 bridgehead atoms. The molecule has 9 heteroatoms. The third kappa shape index (κ3) is 7.02. The van der Waals surface area contributed by atoms with Gasteiger partial charge in [-0.3, -0.25) is 4.99 Å². The molecule has 2 N–H and O–H groups in total. The van der Waals surface area contributed by atoms with Crippen molar-refractivity contribution in [1.29, 1.82) is 0 Å². The molecule has 0 fully saturated rings. The zero-order valence-corrected chi connectivity index (χ0v) is 19.5. The van der Waals surface area contributed by atoms with Crippen LogP contribution in [0.1, 0.15) is 31.9 Å². The Morgan fingerprint density at radius 2 is 2.07 bits per heavy atom. The normalized spacial score (nSPS) is 16.1. The maximum absolute atomic E-state index is 11.6. The summed E-state index contributed by atoms with van der Waals surface area (Å²) in [5.41, 5.74) is 2.14. The number of halogens is 1. The van der Waals surface area contributed by atoms with Crippen molar-refractivity contribution in [3.05, 3.63) is 23.3 Å². The van der Waals surface area contributed by atoms with Crippen molar-refractivity contribution >= 4 is 39.8 Å². The summed E-state index contributed by atoms with van der Waals surface area (Å²) in [5, 5.41) is 6.23. The Hall–Kier alpha value is -1.23. The predicted octanol–water partition coefficient (Wildman–Crippen LogP) is 2.13. The van der Waals surface area contributed by atoms with E-state index in [1.807, 2.05) is 26.0 Å². The van der Waals surface area contributed by atoms with Crippen LogP contribution in [-0.2, 0) is 22.8 Å². The lowest BCUT2D eigenvalue weighted by Crippen LogP contribution is -2.39. The summed E-state index contributed by atoms with van der Waals surface area (Å²) in [7, 11) is -1.35. The first-order valence-electron chi connectivity index (χ1n) is 8.98. The van der Waals surface area contributed by atoms with Crippen LogP contribution in [0.5, 0.6) is 11.5 Å². The van der Waals surface area contributed by atoms with Crippen LogP contribution in [0, 0.1) is 0 Å². The summed E-state index contributed by atoms with van der Waals surface area (Å²) in [6.07, 6.45) is 1.07. The Morgan fingerprint density at radius 1 is 1.33 bits per heavy atom. The van der Waals surface area contributed by atoms with Gasteiger partial charge in [-0.15, -0.1) is 24.0 Å². The van der Waals surface area contributed by atoms with E-state index in [2.05, 4.69) is 15.6 Å². The molecule has 0 saturated heterocycles. The average Bonchev–Trinajstić information content (AvgIpc) is 2.96. The molecule has 1 aromatic carbocycles. The number of nitrogens with zero attached hydrogens (tertiary/aromatic N) is 1. The molecule has 154 valence electrons. The first-order valence-corrected chi connectivity index (χ1v) is 10.8. The lowest BCUT2D eigenvalue weighted by Gasteiger charge is -2.15. The van der Waals surface area contributed by atoms with Gasteiger partial charge in [0.1, 0.15) is 17.6 Å². The average molecular weight is 511 g/mol. The highest BCUT2D eigenvalue weighted by molar-refractivity contribution is 14.0. The van der Waals surface area contributed by atoms with Gasteiger partial charge in [0.2, 0.25) is 0 Å². The highest BCUT2D eigenvalue weighted by Crippen LogP contribution is 2.35. The Labute approximate surface area is 179 Å². The molecule has 2 rings (SSSR count). The van der Waals surface area contributed by atoms with E-state index in [4.69, 9.17) is 9.47 Å². The number of benzene rings is 1. The van der Waals surface area contributed by atoms with E-state index in [1.54, 1.807) is 14.0 Å². The van der Waals surface area contributed by atoms with Gasteiger partial charge in [0.25, 0.3) is 0 Å². The smallest absolute Gasteiger partial charge is 0.191 e. The zero-order valence-electron chi connectivity index (χ0n) is 16.4. The lowest BCUT2D eigenvalue weighted by atomic mass is 10.1. The first-order chi connectivity index (χ1) is 12.4. The number of hydrogen-bond donors (Lipinski definition) is 2. The maximum atomic E-state index is 11.6. The molecule has 0 radical (unpaired) electrons. The van der Waals surface area contributed by atoms with Crippen LogP contribution >= 0.6 is 24.0 Å². The molecule has 0 aliphatic carbocycles. The molecule has 7 nitrogen and oxygen atoms in total. The Bertz CT molecular complexity index is 753. The summed E-state index contributed by atoms with van der Waals surface area (Å²) in [6.45, 7) is 7.06. The van der Waals surface area contributed by atoms with E-state index in [1.165, 1.54) is 0 Å². The number of hydrogen-bond acceptors (Lipinski definition) is 5. The lowest BCUT2D eigenvalue weighted by molar-refractivity contribution is 0.254. The fraction of sp³-hybridized carbons (Fsp3) is 0.611. The minimum Gasteiger partial charge on any atom is -0.494 e. The molecule has 1 unspecified atom stereocenters. The number of aliphatic imine (C=N–C) groups is 1. The molecule has 1 aromatic rings.